The lowest BCUT2D eigenvalue weighted by Crippen LogP contribution is -2.37. The van der Waals surface area contributed by atoms with Gasteiger partial charge in [0.2, 0.25) is 0 Å². The van der Waals surface area contributed by atoms with Crippen molar-refractivity contribution in [3.05, 3.63) is 27.4 Å². The van der Waals surface area contributed by atoms with Gasteiger partial charge in [-0.15, -0.1) is 0 Å². The molecule has 2 rings (SSSR count). The highest BCUT2D eigenvalue weighted by Gasteiger charge is 2.20. The van der Waals surface area contributed by atoms with E-state index in [9.17, 15) is 10.1 Å². The molecule has 1 fully saturated rings. The Kier molecular flexibility index (Phi) is 2.25. The summed E-state index contributed by atoms with van der Waals surface area (Å²) in [6, 6.07) is 1.34. The molecular formula is C8H8ClN3O2. The van der Waals surface area contributed by atoms with Gasteiger partial charge in [0, 0.05) is 19.2 Å². The van der Waals surface area contributed by atoms with E-state index in [1.54, 1.807) is 0 Å². The van der Waals surface area contributed by atoms with E-state index in [-0.39, 0.29) is 5.69 Å². The molecule has 1 aromatic rings. The second-order valence-electron chi connectivity index (χ2n) is 3.10. The molecule has 0 bridgehead atoms. The first kappa shape index (κ1) is 9.21. The molecule has 0 aromatic carbocycles. The number of nitrogens with zero attached hydrogens (tertiary/aromatic N) is 3. The van der Waals surface area contributed by atoms with Gasteiger partial charge in [-0.2, -0.15) is 0 Å². The van der Waals surface area contributed by atoms with Crippen LogP contribution in [0.5, 0.6) is 0 Å². The van der Waals surface area contributed by atoms with Crippen LogP contribution in [0.2, 0.25) is 5.02 Å². The zero-order valence-electron chi connectivity index (χ0n) is 7.31. The van der Waals surface area contributed by atoms with Crippen LogP contribution in [0, 0.1) is 10.1 Å². The Balaban J connectivity index is 2.30. The summed E-state index contributed by atoms with van der Waals surface area (Å²) in [6.07, 6.45) is 2.36. The van der Waals surface area contributed by atoms with Crippen molar-refractivity contribution in [3.8, 4) is 0 Å². The summed E-state index contributed by atoms with van der Waals surface area (Å²) < 4.78 is 0. The maximum atomic E-state index is 10.4. The Labute approximate surface area is 85.5 Å². The third-order valence-corrected chi connectivity index (χ3v) is 2.45. The molecule has 1 aliphatic heterocycles. The normalized spacial score (nSPS) is 15.1. The number of aromatic nitrogens is 1. The van der Waals surface area contributed by atoms with Gasteiger partial charge in [0.15, 0.2) is 0 Å². The third-order valence-electron chi connectivity index (χ3n) is 2.17. The van der Waals surface area contributed by atoms with E-state index in [4.69, 9.17) is 11.6 Å². The van der Waals surface area contributed by atoms with Gasteiger partial charge in [-0.05, 0) is 6.42 Å². The quantitative estimate of drug-likeness (QED) is 0.556. The molecule has 0 spiro atoms. The van der Waals surface area contributed by atoms with E-state index in [0.29, 0.717) is 10.8 Å². The van der Waals surface area contributed by atoms with Gasteiger partial charge < -0.3 is 4.90 Å². The Bertz CT molecular complexity index is 379. The maximum Gasteiger partial charge on any atom is 0.289 e. The topological polar surface area (TPSA) is 59.3 Å². The first-order chi connectivity index (χ1) is 6.68. The predicted octanol–water partition coefficient (Wildman–Crippen LogP) is 1.85. The van der Waals surface area contributed by atoms with Crippen LogP contribution >= 0.6 is 11.6 Å². The van der Waals surface area contributed by atoms with Crippen LogP contribution in [0.3, 0.4) is 0 Å². The molecule has 6 heteroatoms. The van der Waals surface area contributed by atoms with Crippen LogP contribution in [0.25, 0.3) is 0 Å². The van der Waals surface area contributed by atoms with Gasteiger partial charge in [-0.25, -0.2) is 4.98 Å². The highest BCUT2D eigenvalue weighted by Crippen LogP contribution is 2.29. The zero-order chi connectivity index (χ0) is 10.1. The van der Waals surface area contributed by atoms with E-state index in [1.807, 2.05) is 4.90 Å². The highest BCUT2D eigenvalue weighted by atomic mass is 35.5. The number of hydrogen-bond donors (Lipinski definition) is 0. The number of rotatable bonds is 2. The van der Waals surface area contributed by atoms with Gasteiger partial charge in [0.05, 0.1) is 9.95 Å². The van der Waals surface area contributed by atoms with E-state index in [0.717, 1.165) is 19.5 Å². The average molecular weight is 214 g/mol. The molecule has 5 nitrogen and oxygen atoms in total. The number of nitro groups is 1. The average Bonchev–Trinajstić information content (AvgIpc) is 2.04. The molecular weight excluding hydrogens is 206 g/mol. The predicted molar refractivity (Wildman–Crippen MR) is 52.7 cm³/mol. The fourth-order valence-corrected chi connectivity index (χ4v) is 1.56. The second-order valence-corrected chi connectivity index (χ2v) is 3.50. The van der Waals surface area contributed by atoms with Crippen LogP contribution in [0.1, 0.15) is 6.42 Å². The lowest BCUT2D eigenvalue weighted by atomic mass is 10.2. The van der Waals surface area contributed by atoms with Crippen molar-refractivity contribution in [2.24, 2.45) is 0 Å². The van der Waals surface area contributed by atoms with Crippen molar-refractivity contribution in [1.29, 1.82) is 0 Å². The van der Waals surface area contributed by atoms with Crippen LogP contribution in [-0.4, -0.2) is 23.0 Å². The first-order valence-corrected chi connectivity index (χ1v) is 4.61. The molecule has 0 atom stereocenters. The smallest absolute Gasteiger partial charge is 0.289 e. The summed E-state index contributed by atoms with van der Waals surface area (Å²) in [5.74, 6) is 0.642. The standard InChI is InChI=1S/C8H8ClN3O2/c9-7-4-6(12(13)14)5-10-8(7)11-2-1-3-11/h4-5H,1-3H2. The fourth-order valence-electron chi connectivity index (χ4n) is 1.28. The summed E-state index contributed by atoms with van der Waals surface area (Å²) in [5, 5.41) is 10.8. The minimum atomic E-state index is -0.501. The molecule has 1 aromatic heterocycles. The van der Waals surface area contributed by atoms with E-state index < -0.39 is 4.92 Å². The van der Waals surface area contributed by atoms with Gasteiger partial charge in [0.1, 0.15) is 12.0 Å². The van der Waals surface area contributed by atoms with Crippen LogP contribution < -0.4 is 4.90 Å². The maximum absolute atomic E-state index is 10.4. The highest BCUT2D eigenvalue weighted by molar-refractivity contribution is 6.33. The Morgan fingerprint density at radius 1 is 1.57 bits per heavy atom. The van der Waals surface area contributed by atoms with Gasteiger partial charge in [-0.1, -0.05) is 11.6 Å². The van der Waals surface area contributed by atoms with Crippen molar-refractivity contribution in [3.63, 3.8) is 0 Å². The van der Waals surface area contributed by atoms with E-state index in [1.165, 1.54) is 12.3 Å². The monoisotopic (exact) mass is 213 g/mol. The van der Waals surface area contributed by atoms with Crippen molar-refractivity contribution < 1.29 is 4.92 Å². The summed E-state index contributed by atoms with van der Waals surface area (Å²) in [7, 11) is 0. The summed E-state index contributed by atoms with van der Waals surface area (Å²) in [6.45, 7) is 1.84. The van der Waals surface area contributed by atoms with E-state index >= 15 is 0 Å². The van der Waals surface area contributed by atoms with Gasteiger partial charge >= 0.3 is 0 Å². The van der Waals surface area contributed by atoms with Crippen LogP contribution in [0.4, 0.5) is 11.5 Å². The molecule has 14 heavy (non-hydrogen) atoms. The Morgan fingerprint density at radius 3 is 2.71 bits per heavy atom. The number of pyridine rings is 1. The van der Waals surface area contributed by atoms with Gasteiger partial charge in [-0.3, -0.25) is 10.1 Å². The SMILES string of the molecule is O=[N+]([O-])c1cnc(N2CCC2)c(Cl)c1. The van der Waals surface area contributed by atoms with Crippen LogP contribution in [0.15, 0.2) is 12.3 Å². The van der Waals surface area contributed by atoms with Gasteiger partial charge in [0.25, 0.3) is 5.69 Å². The van der Waals surface area contributed by atoms with Crippen molar-refractivity contribution >= 4 is 23.1 Å². The molecule has 1 aliphatic rings. The Morgan fingerprint density at radius 2 is 2.29 bits per heavy atom. The van der Waals surface area contributed by atoms with Crippen molar-refractivity contribution in [2.45, 2.75) is 6.42 Å². The molecule has 0 N–H and O–H groups in total. The molecule has 1 saturated heterocycles. The summed E-state index contributed by atoms with van der Waals surface area (Å²) in [4.78, 5) is 15.9. The molecule has 74 valence electrons. The minimum Gasteiger partial charge on any atom is -0.355 e. The molecule has 0 aliphatic carbocycles. The molecule has 0 unspecified atom stereocenters. The van der Waals surface area contributed by atoms with Crippen molar-refractivity contribution in [1.82, 2.24) is 4.98 Å². The van der Waals surface area contributed by atoms with Crippen molar-refractivity contribution in [2.75, 3.05) is 18.0 Å². The summed E-state index contributed by atoms with van der Waals surface area (Å²) >= 11 is 5.87. The first-order valence-electron chi connectivity index (χ1n) is 4.23. The third kappa shape index (κ3) is 1.50. The largest absolute Gasteiger partial charge is 0.355 e. The number of hydrogen-bond acceptors (Lipinski definition) is 4. The molecule has 0 saturated carbocycles. The number of anilines is 1. The molecule has 0 amide bonds. The summed E-state index contributed by atoms with van der Waals surface area (Å²) in [5.41, 5.74) is -0.0701. The zero-order valence-corrected chi connectivity index (χ0v) is 8.07. The second kappa shape index (κ2) is 3.42. The molecule has 2 heterocycles. The van der Waals surface area contributed by atoms with Crippen LogP contribution in [-0.2, 0) is 0 Å². The Hall–Kier alpha value is -1.36. The molecule has 0 radical (unpaired) electrons. The lowest BCUT2D eigenvalue weighted by Gasteiger charge is -2.32. The lowest BCUT2D eigenvalue weighted by molar-refractivity contribution is -0.385. The fraction of sp³-hybridized carbons (Fsp3) is 0.375. The minimum absolute atomic E-state index is 0.0701. The van der Waals surface area contributed by atoms with E-state index in [2.05, 4.69) is 4.98 Å². The number of halogens is 1.